The maximum atomic E-state index is 11.3. The van der Waals surface area contributed by atoms with Crippen LogP contribution in [0.3, 0.4) is 0 Å². The zero-order valence-electron chi connectivity index (χ0n) is 10.6. The molecule has 98 valence electrons. The summed E-state index contributed by atoms with van der Waals surface area (Å²) in [6, 6.07) is 6.80. The van der Waals surface area contributed by atoms with Crippen molar-refractivity contribution in [2.24, 2.45) is 0 Å². The molecule has 1 aromatic rings. The van der Waals surface area contributed by atoms with Crippen LogP contribution in [-0.4, -0.2) is 18.6 Å². The minimum atomic E-state index is -0.468. The summed E-state index contributed by atoms with van der Waals surface area (Å²) >= 11 is 0. The molecule has 1 aromatic carbocycles. The third-order valence-corrected chi connectivity index (χ3v) is 2.10. The van der Waals surface area contributed by atoms with Gasteiger partial charge in [-0.2, -0.15) is 0 Å². The number of nitrogens with one attached hydrogen (secondary N) is 1. The highest BCUT2D eigenvalue weighted by atomic mass is 16.6. The van der Waals surface area contributed by atoms with Gasteiger partial charge in [-0.05, 0) is 24.1 Å². The fourth-order valence-corrected chi connectivity index (χ4v) is 1.21. The monoisotopic (exact) mass is 251 g/mol. The molecule has 0 heterocycles. The number of benzene rings is 1. The minimum Gasteiger partial charge on any atom is -0.461 e. The van der Waals surface area contributed by atoms with Gasteiger partial charge in [-0.1, -0.05) is 19.1 Å². The van der Waals surface area contributed by atoms with Crippen LogP contribution in [-0.2, 0) is 16.1 Å². The molecule has 0 aliphatic heterocycles. The van der Waals surface area contributed by atoms with Crippen molar-refractivity contribution in [3.63, 3.8) is 0 Å². The number of esters is 1. The molecule has 1 rings (SSSR count). The molecule has 1 N–H and O–H groups in total. The minimum absolute atomic E-state index is 0.220. The number of carbonyl (C=O) groups is 2. The second kappa shape index (κ2) is 7.32. The Labute approximate surface area is 106 Å². The van der Waals surface area contributed by atoms with Gasteiger partial charge in [0.05, 0.1) is 0 Å². The molecule has 18 heavy (non-hydrogen) atoms. The van der Waals surface area contributed by atoms with Crippen LogP contribution in [0.2, 0.25) is 0 Å². The second-order valence-electron chi connectivity index (χ2n) is 3.74. The normalized spacial score (nSPS) is 9.67. The number of hydrogen-bond donors (Lipinski definition) is 1. The van der Waals surface area contributed by atoms with E-state index in [0.717, 1.165) is 12.0 Å². The molecule has 0 fully saturated rings. The van der Waals surface area contributed by atoms with Crippen LogP contribution < -0.4 is 10.1 Å². The van der Waals surface area contributed by atoms with E-state index in [9.17, 15) is 9.59 Å². The largest absolute Gasteiger partial charge is 0.461 e. The van der Waals surface area contributed by atoms with E-state index in [1.54, 1.807) is 24.3 Å². The van der Waals surface area contributed by atoms with Crippen molar-refractivity contribution in [2.75, 3.05) is 6.54 Å². The van der Waals surface area contributed by atoms with Gasteiger partial charge in [0, 0.05) is 13.5 Å². The van der Waals surface area contributed by atoms with Crippen LogP contribution in [0.4, 0.5) is 4.79 Å². The van der Waals surface area contributed by atoms with Crippen molar-refractivity contribution < 1.29 is 19.1 Å². The summed E-state index contributed by atoms with van der Waals surface area (Å²) in [5.74, 6) is 0.129. The standard InChI is InChI=1S/C13H17NO4/c1-3-8-14-13(16)18-12-6-4-11(5-7-12)9-17-10(2)15/h4-7H,3,8-9H2,1-2H3,(H,14,16). The molecule has 0 aliphatic carbocycles. The Bertz CT molecular complexity index is 400. The molecule has 5 heteroatoms. The van der Waals surface area contributed by atoms with E-state index in [0.29, 0.717) is 12.3 Å². The number of amides is 1. The number of ether oxygens (including phenoxy) is 2. The first-order chi connectivity index (χ1) is 8.61. The van der Waals surface area contributed by atoms with E-state index < -0.39 is 6.09 Å². The van der Waals surface area contributed by atoms with Gasteiger partial charge in [0.1, 0.15) is 12.4 Å². The zero-order valence-corrected chi connectivity index (χ0v) is 10.6. The summed E-state index contributed by atoms with van der Waals surface area (Å²) in [5, 5.41) is 2.61. The van der Waals surface area contributed by atoms with Crippen LogP contribution in [0.25, 0.3) is 0 Å². The summed E-state index contributed by atoms with van der Waals surface area (Å²) in [6.07, 6.45) is 0.390. The van der Waals surface area contributed by atoms with E-state index >= 15 is 0 Å². The molecule has 0 saturated carbocycles. The van der Waals surface area contributed by atoms with Crippen LogP contribution in [0, 0.1) is 0 Å². The molecule has 5 nitrogen and oxygen atoms in total. The van der Waals surface area contributed by atoms with Crippen molar-refractivity contribution in [3.8, 4) is 5.75 Å². The van der Waals surface area contributed by atoms with Crippen LogP contribution in [0.1, 0.15) is 25.8 Å². The van der Waals surface area contributed by atoms with Crippen molar-refractivity contribution in [2.45, 2.75) is 26.9 Å². The maximum absolute atomic E-state index is 11.3. The molecule has 0 aromatic heterocycles. The first-order valence-corrected chi connectivity index (χ1v) is 5.79. The summed E-state index contributed by atoms with van der Waals surface area (Å²) < 4.78 is 9.88. The maximum Gasteiger partial charge on any atom is 0.412 e. The van der Waals surface area contributed by atoms with E-state index in [2.05, 4.69) is 5.32 Å². The predicted molar refractivity (Wildman–Crippen MR) is 66.2 cm³/mol. The van der Waals surface area contributed by atoms with Crippen molar-refractivity contribution in [3.05, 3.63) is 29.8 Å². The lowest BCUT2D eigenvalue weighted by Crippen LogP contribution is -2.27. The molecular formula is C13H17NO4. The van der Waals surface area contributed by atoms with Gasteiger partial charge in [0.25, 0.3) is 0 Å². The predicted octanol–water partition coefficient (Wildman–Crippen LogP) is 2.25. The lowest BCUT2D eigenvalue weighted by molar-refractivity contribution is -0.142. The second-order valence-corrected chi connectivity index (χ2v) is 3.74. The van der Waals surface area contributed by atoms with Gasteiger partial charge in [0.15, 0.2) is 0 Å². The smallest absolute Gasteiger partial charge is 0.412 e. The van der Waals surface area contributed by atoms with Crippen molar-refractivity contribution in [1.29, 1.82) is 0 Å². The SMILES string of the molecule is CCCNC(=O)Oc1ccc(COC(C)=O)cc1. The van der Waals surface area contributed by atoms with E-state index in [4.69, 9.17) is 9.47 Å². The van der Waals surface area contributed by atoms with Gasteiger partial charge >= 0.3 is 12.1 Å². The quantitative estimate of drug-likeness (QED) is 0.815. The summed E-state index contributed by atoms with van der Waals surface area (Å²) in [4.78, 5) is 21.9. The highest BCUT2D eigenvalue weighted by Gasteiger charge is 2.03. The molecule has 0 unspecified atom stereocenters. The Morgan fingerprint density at radius 3 is 2.44 bits per heavy atom. The topological polar surface area (TPSA) is 64.6 Å². The molecule has 0 atom stereocenters. The van der Waals surface area contributed by atoms with Gasteiger partial charge < -0.3 is 14.8 Å². The highest BCUT2D eigenvalue weighted by Crippen LogP contribution is 2.13. The molecular weight excluding hydrogens is 234 g/mol. The first-order valence-electron chi connectivity index (χ1n) is 5.79. The van der Waals surface area contributed by atoms with Gasteiger partial charge in [0.2, 0.25) is 0 Å². The summed E-state index contributed by atoms with van der Waals surface area (Å²) in [6.45, 7) is 4.13. The van der Waals surface area contributed by atoms with Crippen molar-refractivity contribution in [1.82, 2.24) is 5.32 Å². The Hall–Kier alpha value is -2.04. The number of carbonyl (C=O) groups excluding carboxylic acids is 2. The highest BCUT2D eigenvalue weighted by molar-refractivity contribution is 5.70. The van der Waals surface area contributed by atoms with E-state index in [1.807, 2.05) is 6.92 Å². The molecule has 0 radical (unpaired) electrons. The molecule has 1 amide bonds. The average Bonchev–Trinajstić information content (AvgIpc) is 2.35. The third-order valence-electron chi connectivity index (χ3n) is 2.10. The fraction of sp³-hybridized carbons (Fsp3) is 0.385. The average molecular weight is 251 g/mol. The third kappa shape index (κ3) is 5.34. The fourth-order valence-electron chi connectivity index (χ4n) is 1.21. The lowest BCUT2D eigenvalue weighted by Gasteiger charge is -2.06. The van der Waals surface area contributed by atoms with Crippen molar-refractivity contribution >= 4 is 12.1 Å². The molecule has 0 aliphatic rings. The van der Waals surface area contributed by atoms with Crippen LogP contribution in [0.15, 0.2) is 24.3 Å². The summed E-state index contributed by atoms with van der Waals surface area (Å²) in [5.41, 5.74) is 0.839. The number of rotatable bonds is 5. The Morgan fingerprint density at radius 1 is 1.22 bits per heavy atom. The molecule has 0 spiro atoms. The van der Waals surface area contributed by atoms with E-state index in [-0.39, 0.29) is 12.6 Å². The molecule has 0 bridgehead atoms. The Kier molecular flexibility index (Phi) is 5.70. The lowest BCUT2D eigenvalue weighted by atomic mass is 10.2. The Morgan fingerprint density at radius 2 is 1.89 bits per heavy atom. The first kappa shape index (κ1) is 14.0. The zero-order chi connectivity index (χ0) is 13.4. The Balaban J connectivity index is 2.44. The summed E-state index contributed by atoms with van der Waals surface area (Å²) in [7, 11) is 0. The van der Waals surface area contributed by atoms with Crippen LogP contribution >= 0.6 is 0 Å². The van der Waals surface area contributed by atoms with Crippen LogP contribution in [0.5, 0.6) is 5.75 Å². The van der Waals surface area contributed by atoms with Gasteiger partial charge in [-0.15, -0.1) is 0 Å². The van der Waals surface area contributed by atoms with Gasteiger partial charge in [-0.25, -0.2) is 4.79 Å². The molecule has 0 saturated heterocycles. The van der Waals surface area contributed by atoms with E-state index in [1.165, 1.54) is 6.92 Å². The number of hydrogen-bond acceptors (Lipinski definition) is 4. The van der Waals surface area contributed by atoms with Gasteiger partial charge in [-0.3, -0.25) is 4.79 Å².